The van der Waals surface area contributed by atoms with E-state index in [4.69, 9.17) is 4.74 Å². The standard InChI is InChI=1S/C21H30N2O3/c1-17-6-2-8-19(14-17)26-16-18-7-3-13-23(15-18)21(25)10-5-12-22-11-4-9-20(22)24/h2,6,8,14,18H,3-5,7,9-13,15-16H2,1H3/t18-/m1/s1. The second-order valence-electron chi connectivity index (χ2n) is 7.56. The molecule has 2 aliphatic heterocycles. The highest BCUT2D eigenvalue weighted by atomic mass is 16.5. The molecule has 0 spiro atoms. The molecule has 2 heterocycles. The lowest BCUT2D eigenvalue weighted by atomic mass is 9.98. The number of nitrogens with zero attached hydrogens (tertiary/aromatic N) is 2. The molecule has 2 saturated heterocycles. The monoisotopic (exact) mass is 358 g/mol. The minimum absolute atomic E-state index is 0.219. The molecule has 1 atom stereocenters. The van der Waals surface area contributed by atoms with E-state index in [1.165, 1.54) is 5.56 Å². The number of amides is 2. The van der Waals surface area contributed by atoms with Crippen LogP contribution in [0, 0.1) is 12.8 Å². The molecule has 3 rings (SSSR count). The first-order valence-corrected chi connectivity index (χ1v) is 9.87. The Morgan fingerprint density at radius 2 is 2.15 bits per heavy atom. The van der Waals surface area contributed by atoms with Gasteiger partial charge in [-0.05, 0) is 50.3 Å². The summed E-state index contributed by atoms with van der Waals surface area (Å²) in [7, 11) is 0. The Hall–Kier alpha value is -2.04. The molecule has 0 saturated carbocycles. The van der Waals surface area contributed by atoms with Crippen molar-refractivity contribution in [3.63, 3.8) is 0 Å². The van der Waals surface area contributed by atoms with E-state index in [2.05, 4.69) is 13.0 Å². The summed E-state index contributed by atoms with van der Waals surface area (Å²) in [6.45, 7) is 5.93. The van der Waals surface area contributed by atoms with Crippen molar-refractivity contribution in [1.82, 2.24) is 9.80 Å². The summed E-state index contributed by atoms with van der Waals surface area (Å²) in [5.41, 5.74) is 1.19. The predicted octanol–water partition coefficient (Wildman–Crippen LogP) is 3.02. The number of hydrogen-bond acceptors (Lipinski definition) is 3. The first kappa shape index (κ1) is 18.7. The van der Waals surface area contributed by atoms with Crippen LogP contribution in [0.2, 0.25) is 0 Å². The Morgan fingerprint density at radius 1 is 1.27 bits per heavy atom. The fraction of sp³-hybridized carbons (Fsp3) is 0.619. The van der Waals surface area contributed by atoms with E-state index in [0.29, 0.717) is 25.4 Å². The lowest BCUT2D eigenvalue weighted by Crippen LogP contribution is -2.41. The van der Waals surface area contributed by atoms with Gasteiger partial charge in [0.05, 0.1) is 6.61 Å². The number of likely N-dealkylation sites (tertiary alicyclic amines) is 2. The zero-order valence-electron chi connectivity index (χ0n) is 15.8. The van der Waals surface area contributed by atoms with E-state index in [1.54, 1.807) is 0 Å². The van der Waals surface area contributed by atoms with Gasteiger partial charge in [0, 0.05) is 44.9 Å². The quantitative estimate of drug-likeness (QED) is 0.753. The third-order valence-corrected chi connectivity index (χ3v) is 5.34. The molecule has 1 aromatic rings. The van der Waals surface area contributed by atoms with Crippen molar-refractivity contribution in [3.8, 4) is 5.75 Å². The molecule has 5 heteroatoms. The van der Waals surface area contributed by atoms with Gasteiger partial charge in [0.15, 0.2) is 0 Å². The highest BCUT2D eigenvalue weighted by Crippen LogP contribution is 2.20. The van der Waals surface area contributed by atoms with E-state index in [-0.39, 0.29) is 11.8 Å². The number of ether oxygens (including phenoxy) is 1. The van der Waals surface area contributed by atoms with E-state index < -0.39 is 0 Å². The van der Waals surface area contributed by atoms with Crippen LogP contribution >= 0.6 is 0 Å². The molecule has 0 radical (unpaired) electrons. The van der Waals surface area contributed by atoms with E-state index in [9.17, 15) is 9.59 Å². The molecule has 2 amide bonds. The van der Waals surface area contributed by atoms with Crippen LogP contribution in [0.1, 0.15) is 44.1 Å². The van der Waals surface area contributed by atoms with Crippen LogP contribution in [0.15, 0.2) is 24.3 Å². The molecular formula is C21H30N2O3. The number of benzene rings is 1. The molecule has 2 fully saturated rings. The fourth-order valence-electron chi connectivity index (χ4n) is 3.87. The van der Waals surface area contributed by atoms with Crippen molar-refractivity contribution < 1.29 is 14.3 Å². The Kier molecular flexibility index (Phi) is 6.53. The van der Waals surface area contributed by atoms with Gasteiger partial charge in [0.25, 0.3) is 0 Å². The first-order chi connectivity index (χ1) is 12.6. The van der Waals surface area contributed by atoms with Crippen LogP contribution in [0.25, 0.3) is 0 Å². The van der Waals surface area contributed by atoms with Gasteiger partial charge in [-0.3, -0.25) is 9.59 Å². The Bertz CT molecular complexity index is 631. The lowest BCUT2D eigenvalue weighted by molar-refractivity contribution is -0.134. The van der Waals surface area contributed by atoms with Crippen molar-refractivity contribution in [2.45, 2.75) is 45.4 Å². The minimum Gasteiger partial charge on any atom is -0.493 e. The number of rotatable bonds is 7. The van der Waals surface area contributed by atoms with Gasteiger partial charge in [0.2, 0.25) is 11.8 Å². The maximum atomic E-state index is 12.5. The normalized spacial score (nSPS) is 20.5. The van der Waals surface area contributed by atoms with Crippen LogP contribution in [-0.4, -0.2) is 54.4 Å². The Labute approximate surface area is 156 Å². The summed E-state index contributed by atoms with van der Waals surface area (Å²) < 4.78 is 5.93. The molecule has 5 nitrogen and oxygen atoms in total. The summed E-state index contributed by atoms with van der Waals surface area (Å²) in [5, 5.41) is 0. The fourth-order valence-corrected chi connectivity index (χ4v) is 3.87. The molecule has 0 aromatic heterocycles. The van der Waals surface area contributed by atoms with Crippen molar-refractivity contribution in [3.05, 3.63) is 29.8 Å². The van der Waals surface area contributed by atoms with Gasteiger partial charge in [-0.25, -0.2) is 0 Å². The Balaban J connectivity index is 1.39. The van der Waals surface area contributed by atoms with Crippen molar-refractivity contribution >= 4 is 11.8 Å². The number of carbonyl (C=O) groups excluding carboxylic acids is 2. The minimum atomic E-state index is 0.219. The van der Waals surface area contributed by atoms with Gasteiger partial charge in [0.1, 0.15) is 5.75 Å². The molecule has 0 bridgehead atoms. The van der Waals surface area contributed by atoms with Crippen molar-refractivity contribution in [1.29, 1.82) is 0 Å². The lowest BCUT2D eigenvalue weighted by Gasteiger charge is -2.33. The number of aryl methyl sites for hydroxylation is 1. The van der Waals surface area contributed by atoms with Gasteiger partial charge in [-0.1, -0.05) is 12.1 Å². The number of hydrogen-bond donors (Lipinski definition) is 0. The number of piperidine rings is 1. The zero-order valence-corrected chi connectivity index (χ0v) is 15.8. The van der Waals surface area contributed by atoms with Gasteiger partial charge < -0.3 is 14.5 Å². The first-order valence-electron chi connectivity index (χ1n) is 9.87. The molecule has 0 unspecified atom stereocenters. The summed E-state index contributed by atoms with van der Waals surface area (Å²) in [6.07, 6.45) is 5.08. The molecule has 1 aromatic carbocycles. The van der Waals surface area contributed by atoms with Crippen LogP contribution < -0.4 is 4.74 Å². The molecule has 26 heavy (non-hydrogen) atoms. The van der Waals surface area contributed by atoms with Gasteiger partial charge >= 0.3 is 0 Å². The topological polar surface area (TPSA) is 49.9 Å². The molecule has 2 aliphatic rings. The molecule has 142 valence electrons. The van der Waals surface area contributed by atoms with Crippen LogP contribution in [-0.2, 0) is 9.59 Å². The van der Waals surface area contributed by atoms with Crippen LogP contribution in [0.4, 0.5) is 0 Å². The van der Waals surface area contributed by atoms with Gasteiger partial charge in [-0.2, -0.15) is 0 Å². The van der Waals surface area contributed by atoms with E-state index >= 15 is 0 Å². The Morgan fingerprint density at radius 3 is 2.92 bits per heavy atom. The predicted molar refractivity (Wildman–Crippen MR) is 101 cm³/mol. The highest BCUT2D eigenvalue weighted by molar-refractivity contribution is 5.78. The zero-order chi connectivity index (χ0) is 18.4. The molecule has 0 aliphatic carbocycles. The largest absolute Gasteiger partial charge is 0.493 e. The molecular weight excluding hydrogens is 328 g/mol. The average Bonchev–Trinajstić information content (AvgIpc) is 3.05. The van der Waals surface area contributed by atoms with E-state index in [1.807, 2.05) is 28.0 Å². The smallest absolute Gasteiger partial charge is 0.222 e. The van der Waals surface area contributed by atoms with Crippen LogP contribution in [0.5, 0.6) is 5.75 Å². The number of carbonyl (C=O) groups is 2. The highest BCUT2D eigenvalue weighted by Gasteiger charge is 2.25. The maximum Gasteiger partial charge on any atom is 0.222 e. The third-order valence-electron chi connectivity index (χ3n) is 5.34. The second-order valence-corrected chi connectivity index (χ2v) is 7.56. The molecule has 0 N–H and O–H groups in total. The van der Waals surface area contributed by atoms with Crippen LogP contribution in [0.3, 0.4) is 0 Å². The second kappa shape index (κ2) is 9.06. The van der Waals surface area contributed by atoms with Gasteiger partial charge in [-0.15, -0.1) is 0 Å². The van der Waals surface area contributed by atoms with E-state index in [0.717, 1.165) is 57.6 Å². The average molecular weight is 358 g/mol. The van der Waals surface area contributed by atoms with Crippen molar-refractivity contribution in [2.75, 3.05) is 32.8 Å². The summed E-state index contributed by atoms with van der Waals surface area (Å²) in [6, 6.07) is 8.10. The SMILES string of the molecule is Cc1cccc(OC[C@@H]2CCCN(C(=O)CCCN3CCCC3=O)C2)c1. The summed E-state index contributed by atoms with van der Waals surface area (Å²) >= 11 is 0. The van der Waals surface area contributed by atoms with Crippen molar-refractivity contribution in [2.24, 2.45) is 5.92 Å². The third kappa shape index (κ3) is 5.23. The summed E-state index contributed by atoms with van der Waals surface area (Å²) in [5.74, 6) is 1.76. The summed E-state index contributed by atoms with van der Waals surface area (Å²) in [4.78, 5) is 28.0. The maximum absolute atomic E-state index is 12.5.